The highest BCUT2D eigenvalue weighted by Gasteiger charge is 2.20. The van der Waals surface area contributed by atoms with Gasteiger partial charge in [-0.3, -0.25) is 0 Å². The number of aryl methyl sites for hydroxylation is 3. The molecule has 0 unspecified atom stereocenters. The van der Waals surface area contributed by atoms with Gasteiger partial charge in [-0.15, -0.1) is 5.10 Å². The molecule has 0 radical (unpaired) electrons. The van der Waals surface area contributed by atoms with E-state index in [2.05, 4.69) is 32.4 Å². The van der Waals surface area contributed by atoms with Gasteiger partial charge in [0, 0.05) is 11.1 Å². The Morgan fingerprint density at radius 2 is 1.66 bits per heavy atom. The smallest absolute Gasteiger partial charge is 0.280 e. The molecule has 32 heavy (non-hydrogen) atoms. The third-order valence-electron chi connectivity index (χ3n) is 5.49. The highest BCUT2D eigenvalue weighted by Crippen LogP contribution is 2.26. The number of rotatable bonds is 5. The van der Waals surface area contributed by atoms with Crippen LogP contribution < -0.4 is 0 Å². The minimum Gasteiger partial charge on any atom is -0.441 e. The zero-order chi connectivity index (χ0) is 22.2. The molecule has 2 aromatic carbocycles. The second kappa shape index (κ2) is 7.88. The Hall–Kier alpha value is -4.07. The zero-order valence-corrected chi connectivity index (χ0v) is 18.3. The van der Waals surface area contributed by atoms with Crippen molar-refractivity contribution in [2.75, 3.05) is 0 Å². The van der Waals surface area contributed by atoms with E-state index in [1.807, 2.05) is 69.3 Å². The predicted molar refractivity (Wildman–Crippen MR) is 119 cm³/mol. The lowest BCUT2D eigenvalue weighted by Crippen LogP contribution is -2.05. The van der Waals surface area contributed by atoms with Gasteiger partial charge in [0.15, 0.2) is 5.69 Å². The Labute approximate surface area is 184 Å². The van der Waals surface area contributed by atoms with E-state index in [1.54, 1.807) is 4.68 Å². The molecule has 5 aromatic rings. The van der Waals surface area contributed by atoms with Gasteiger partial charge in [0.25, 0.3) is 5.89 Å². The summed E-state index contributed by atoms with van der Waals surface area (Å²) in [7, 11) is 0. The molecule has 0 saturated heterocycles. The van der Waals surface area contributed by atoms with Crippen LogP contribution in [0.15, 0.2) is 57.5 Å². The van der Waals surface area contributed by atoms with Gasteiger partial charge in [0.1, 0.15) is 11.5 Å². The fourth-order valence-electron chi connectivity index (χ4n) is 3.50. The summed E-state index contributed by atoms with van der Waals surface area (Å²) in [4.78, 5) is 9.21. The van der Waals surface area contributed by atoms with E-state index in [0.717, 1.165) is 33.8 Å². The van der Waals surface area contributed by atoms with Crippen LogP contribution in [0.3, 0.4) is 0 Å². The lowest BCUT2D eigenvalue weighted by Gasteiger charge is -2.00. The first-order chi connectivity index (χ1) is 15.5. The molecular weight excluding hydrogens is 404 g/mol. The molecule has 0 fully saturated rings. The fraction of sp³-hybridized carbons (Fsp3) is 0.208. The topological polar surface area (TPSA) is 95.7 Å². The lowest BCUT2D eigenvalue weighted by molar-refractivity contribution is 0.430. The van der Waals surface area contributed by atoms with Crippen LogP contribution in [0.2, 0.25) is 0 Å². The van der Waals surface area contributed by atoms with E-state index >= 15 is 0 Å². The molecule has 0 aliphatic carbocycles. The molecule has 3 aromatic heterocycles. The van der Waals surface area contributed by atoms with Crippen molar-refractivity contribution < 1.29 is 8.94 Å². The van der Waals surface area contributed by atoms with Crippen molar-refractivity contribution in [3.8, 4) is 34.4 Å². The first-order valence-electron chi connectivity index (χ1n) is 10.3. The molecule has 0 aliphatic heterocycles. The molecule has 8 heteroatoms. The molecule has 0 bridgehead atoms. The van der Waals surface area contributed by atoms with Crippen molar-refractivity contribution in [1.29, 1.82) is 0 Å². The SMILES string of the molecule is Cc1ccc(-c2nc(Cn3nnc(-c4nc(-c5ccccc5C)no4)c3C)c(C)o2)cc1. The van der Waals surface area contributed by atoms with Crippen LogP contribution in [0.1, 0.15) is 28.3 Å². The van der Waals surface area contributed by atoms with Gasteiger partial charge in [-0.2, -0.15) is 4.98 Å². The molecule has 0 aliphatic rings. The third kappa shape index (κ3) is 3.60. The number of nitrogens with zero attached hydrogens (tertiary/aromatic N) is 6. The standard InChI is InChI=1S/C24H22N6O2/c1-14-9-11-18(12-10-14)23-25-20(17(4)31-23)13-30-16(3)21(27-29-30)24-26-22(28-32-24)19-8-6-5-7-15(19)2/h5-12H,13H2,1-4H3. The second-order valence-electron chi connectivity index (χ2n) is 7.81. The second-order valence-corrected chi connectivity index (χ2v) is 7.81. The quantitative estimate of drug-likeness (QED) is 0.393. The molecule has 3 heterocycles. The largest absolute Gasteiger partial charge is 0.441 e. The number of hydrogen-bond acceptors (Lipinski definition) is 7. The Morgan fingerprint density at radius 3 is 2.44 bits per heavy atom. The molecule has 8 nitrogen and oxygen atoms in total. The van der Waals surface area contributed by atoms with Gasteiger partial charge < -0.3 is 8.94 Å². The van der Waals surface area contributed by atoms with Crippen LogP contribution in [0.5, 0.6) is 0 Å². The average molecular weight is 426 g/mol. The fourth-order valence-corrected chi connectivity index (χ4v) is 3.50. The van der Waals surface area contributed by atoms with Gasteiger partial charge in [-0.05, 0) is 45.4 Å². The van der Waals surface area contributed by atoms with Crippen molar-refractivity contribution in [1.82, 2.24) is 30.1 Å². The van der Waals surface area contributed by atoms with Gasteiger partial charge in [0.05, 0.1) is 12.2 Å². The summed E-state index contributed by atoms with van der Waals surface area (Å²) in [6, 6.07) is 16.0. The predicted octanol–water partition coefficient (Wildman–Crippen LogP) is 4.93. The van der Waals surface area contributed by atoms with Crippen LogP contribution >= 0.6 is 0 Å². The van der Waals surface area contributed by atoms with Crippen molar-refractivity contribution >= 4 is 0 Å². The van der Waals surface area contributed by atoms with E-state index in [4.69, 9.17) is 8.94 Å². The van der Waals surface area contributed by atoms with E-state index in [1.165, 1.54) is 5.56 Å². The highest BCUT2D eigenvalue weighted by atomic mass is 16.5. The van der Waals surface area contributed by atoms with Gasteiger partial charge in [0.2, 0.25) is 11.7 Å². The molecular formula is C24H22N6O2. The van der Waals surface area contributed by atoms with Gasteiger partial charge >= 0.3 is 0 Å². The van der Waals surface area contributed by atoms with E-state index < -0.39 is 0 Å². The minimum atomic E-state index is 0.337. The molecule has 0 N–H and O–H groups in total. The summed E-state index contributed by atoms with van der Waals surface area (Å²) < 4.78 is 13.1. The Kier molecular flexibility index (Phi) is 4.89. The Balaban J connectivity index is 1.41. The van der Waals surface area contributed by atoms with E-state index in [0.29, 0.717) is 29.8 Å². The summed E-state index contributed by atoms with van der Waals surface area (Å²) in [5, 5.41) is 12.7. The lowest BCUT2D eigenvalue weighted by atomic mass is 10.1. The highest BCUT2D eigenvalue weighted by molar-refractivity contribution is 5.62. The molecule has 0 amide bonds. The van der Waals surface area contributed by atoms with E-state index in [-0.39, 0.29) is 0 Å². The van der Waals surface area contributed by atoms with Crippen LogP contribution in [-0.2, 0) is 6.54 Å². The molecule has 0 atom stereocenters. The molecule has 0 spiro atoms. The molecule has 5 rings (SSSR count). The van der Waals surface area contributed by atoms with E-state index in [9.17, 15) is 0 Å². The number of oxazole rings is 1. The van der Waals surface area contributed by atoms with Crippen molar-refractivity contribution in [2.45, 2.75) is 34.2 Å². The number of benzene rings is 2. The van der Waals surface area contributed by atoms with Crippen molar-refractivity contribution in [3.63, 3.8) is 0 Å². The van der Waals surface area contributed by atoms with Crippen LogP contribution in [0.4, 0.5) is 0 Å². The van der Waals surface area contributed by atoms with Gasteiger partial charge in [-0.25, -0.2) is 9.67 Å². The maximum atomic E-state index is 5.89. The van der Waals surface area contributed by atoms with Crippen LogP contribution in [0.25, 0.3) is 34.4 Å². The first kappa shape index (κ1) is 19.9. The maximum Gasteiger partial charge on any atom is 0.280 e. The summed E-state index contributed by atoms with van der Waals surface area (Å²) in [5.74, 6) is 2.21. The molecule has 0 saturated carbocycles. The van der Waals surface area contributed by atoms with Crippen LogP contribution in [-0.4, -0.2) is 30.1 Å². The Bertz CT molecular complexity index is 1390. The molecule has 160 valence electrons. The van der Waals surface area contributed by atoms with Crippen molar-refractivity contribution in [3.05, 3.63) is 76.8 Å². The Morgan fingerprint density at radius 1 is 0.875 bits per heavy atom. The summed E-state index contributed by atoms with van der Waals surface area (Å²) in [5.41, 5.74) is 6.29. The first-order valence-corrected chi connectivity index (χ1v) is 10.3. The summed E-state index contributed by atoms with van der Waals surface area (Å²) in [6.07, 6.45) is 0. The maximum absolute atomic E-state index is 5.89. The van der Waals surface area contributed by atoms with Gasteiger partial charge in [-0.1, -0.05) is 52.3 Å². The number of hydrogen-bond donors (Lipinski definition) is 0. The summed E-state index contributed by atoms with van der Waals surface area (Å²) in [6.45, 7) is 8.31. The number of aromatic nitrogens is 6. The monoisotopic (exact) mass is 426 g/mol. The minimum absolute atomic E-state index is 0.337. The zero-order valence-electron chi connectivity index (χ0n) is 18.3. The van der Waals surface area contributed by atoms with Crippen molar-refractivity contribution in [2.24, 2.45) is 0 Å². The van der Waals surface area contributed by atoms with Crippen LogP contribution in [0, 0.1) is 27.7 Å². The normalized spacial score (nSPS) is 11.2. The third-order valence-corrected chi connectivity index (χ3v) is 5.49. The summed E-state index contributed by atoms with van der Waals surface area (Å²) >= 11 is 0. The average Bonchev–Trinajstić information content (AvgIpc) is 3.49.